The molecule has 0 spiro atoms. The van der Waals surface area contributed by atoms with Gasteiger partial charge in [-0.3, -0.25) is 14.7 Å². The molecular formula is C21H26FN3O3S. The summed E-state index contributed by atoms with van der Waals surface area (Å²) in [5, 5.41) is 1.66. The number of sulfone groups is 1. The largest absolute Gasteiger partial charge is 0.352 e. The van der Waals surface area contributed by atoms with Crippen LogP contribution in [0.2, 0.25) is 0 Å². The van der Waals surface area contributed by atoms with E-state index < -0.39 is 26.8 Å². The summed E-state index contributed by atoms with van der Waals surface area (Å²) in [6.45, 7) is 5.76. The molecule has 1 aliphatic rings. The maximum atomic E-state index is 13.1. The van der Waals surface area contributed by atoms with Crippen LogP contribution in [-0.2, 0) is 21.2 Å². The van der Waals surface area contributed by atoms with Crippen molar-refractivity contribution in [1.29, 1.82) is 0 Å². The second kappa shape index (κ2) is 9.00. The molecule has 0 aliphatic carbocycles. The van der Waals surface area contributed by atoms with Gasteiger partial charge in [-0.1, -0.05) is 13.0 Å². The molecule has 6 nitrogen and oxygen atoms in total. The summed E-state index contributed by atoms with van der Waals surface area (Å²) in [5.41, 5.74) is 1.00. The molecule has 29 heavy (non-hydrogen) atoms. The van der Waals surface area contributed by atoms with Crippen molar-refractivity contribution >= 4 is 15.7 Å². The molecule has 1 amide bonds. The first-order valence-electron chi connectivity index (χ1n) is 9.69. The van der Waals surface area contributed by atoms with E-state index in [0.29, 0.717) is 0 Å². The Morgan fingerprint density at radius 2 is 2.00 bits per heavy atom. The van der Waals surface area contributed by atoms with Gasteiger partial charge in [0.15, 0.2) is 9.84 Å². The first-order chi connectivity index (χ1) is 13.8. The molecule has 0 saturated carbocycles. The molecular weight excluding hydrogens is 393 g/mol. The Labute approximate surface area is 171 Å². The standard InChI is InChI=1S/C21H26FN3O3S/c1-15-13-25(14-18-5-3-4-11-23-18)12-10-20(15)24-21(26)16(2)29(27,28)19-8-6-17(22)7-9-19/h3-9,11,15-16,20H,10,12-14H2,1-2H3,(H,24,26). The van der Waals surface area contributed by atoms with E-state index in [2.05, 4.69) is 22.1 Å². The van der Waals surface area contributed by atoms with Crippen molar-refractivity contribution in [3.63, 3.8) is 0 Å². The van der Waals surface area contributed by atoms with E-state index in [9.17, 15) is 17.6 Å². The summed E-state index contributed by atoms with van der Waals surface area (Å²) >= 11 is 0. The molecule has 156 valence electrons. The zero-order valence-electron chi connectivity index (χ0n) is 16.6. The van der Waals surface area contributed by atoms with Crippen LogP contribution >= 0.6 is 0 Å². The number of benzene rings is 1. The Bertz CT molecular complexity index is 935. The summed E-state index contributed by atoms with van der Waals surface area (Å²) < 4.78 is 38.4. The predicted molar refractivity (Wildman–Crippen MR) is 108 cm³/mol. The van der Waals surface area contributed by atoms with Gasteiger partial charge in [-0.15, -0.1) is 0 Å². The lowest BCUT2D eigenvalue weighted by molar-refractivity contribution is -0.121. The second-order valence-electron chi connectivity index (χ2n) is 7.58. The highest BCUT2D eigenvalue weighted by Crippen LogP contribution is 2.21. The van der Waals surface area contributed by atoms with E-state index >= 15 is 0 Å². The van der Waals surface area contributed by atoms with Gasteiger partial charge < -0.3 is 5.32 Å². The predicted octanol–water partition coefficient (Wildman–Crippen LogP) is 2.41. The van der Waals surface area contributed by atoms with Crippen LogP contribution in [0.25, 0.3) is 0 Å². The SMILES string of the molecule is CC1CN(Cc2ccccn2)CCC1NC(=O)C(C)S(=O)(=O)c1ccc(F)cc1. The van der Waals surface area contributed by atoms with Crippen LogP contribution in [0.3, 0.4) is 0 Å². The average molecular weight is 420 g/mol. The van der Waals surface area contributed by atoms with E-state index in [1.54, 1.807) is 6.20 Å². The molecule has 1 N–H and O–H groups in total. The molecule has 3 unspecified atom stereocenters. The Kier molecular flexibility index (Phi) is 6.64. The highest BCUT2D eigenvalue weighted by atomic mass is 32.2. The van der Waals surface area contributed by atoms with E-state index in [4.69, 9.17) is 0 Å². The lowest BCUT2D eigenvalue weighted by Gasteiger charge is -2.37. The number of nitrogens with one attached hydrogen (secondary N) is 1. The number of rotatable bonds is 6. The number of pyridine rings is 1. The molecule has 0 bridgehead atoms. The minimum Gasteiger partial charge on any atom is -0.352 e. The monoisotopic (exact) mass is 419 g/mol. The molecule has 1 aromatic heterocycles. The first kappa shape index (κ1) is 21.4. The van der Waals surface area contributed by atoms with E-state index in [1.165, 1.54) is 19.1 Å². The lowest BCUT2D eigenvalue weighted by atomic mass is 9.93. The maximum absolute atomic E-state index is 13.1. The van der Waals surface area contributed by atoms with Crippen molar-refractivity contribution in [2.24, 2.45) is 5.92 Å². The highest BCUT2D eigenvalue weighted by molar-refractivity contribution is 7.92. The maximum Gasteiger partial charge on any atom is 0.238 e. The Morgan fingerprint density at radius 1 is 1.28 bits per heavy atom. The van der Waals surface area contributed by atoms with Crippen molar-refractivity contribution in [1.82, 2.24) is 15.2 Å². The molecule has 3 atom stereocenters. The van der Waals surface area contributed by atoms with Crippen LogP contribution in [0.15, 0.2) is 53.6 Å². The van der Waals surface area contributed by atoms with Gasteiger partial charge >= 0.3 is 0 Å². The van der Waals surface area contributed by atoms with E-state index in [-0.39, 0.29) is 16.9 Å². The summed E-state index contributed by atoms with van der Waals surface area (Å²) in [6, 6.07) is 10.3. The van der Waals surface area contributed by atoms with Crippen LogP contribution in [0.1, 0.15) is 26.0 Å². The third-order valence-corrected chi connectivity index (χ3v) is 7.48. The second-order valence-corrected chi connectivity index (χ2v) is 9.85. The number of carbonyl (C=O) groups is 1. The Morgan fingerprint density at radius 3 is 2.62 bits per heavy atom. The van der Waals surface area contributed by atoms with Crippen LogP contribution in [0.4, 0.5) is 4.39 Å². The lowest BCUT2D eigenvalue weighted by Crippen LogP contribution is -2.52. The summed E-state index contributed by atoms with van der Waals surface area (Å²) in [4.78, 5) is 19.2. The first-order valence-corrected chi connectivity index (χ1v) is 11.2. The van der Waals surface area contributed by atoms with Crippen molar-refractivity contribution in [3.8, 4) is 0 Å². The number of hydrogen-bond acceptors (Lipinski definition) is 5. The molecule has 2 aromatic rings. The number of amides is 1. The number of nitrogens with zero attached hydrogens (tertiary/aromatic N) is 2. The van der Waals surface area contributed by atoms with Crippen LogP contribution in [-0.4, -0.2) is 48.6 Å². The van der Waals surface area contributed by atoms with Crippen molar-refractivity contribution < 1.29 is 17.6 Å². The van der Waals surface area contributed by atoms with Crippen LogP contribution in [0.5, 0.6) is 0 Å². The summed E-state index contributed by atoms with van der Waals surface area (Å²) in [5.74, 6) is -0.867. The minimum absolute atomic E-state index is 0.0558. The molecule has 2 heterocycles. The smallest absolute Gasteiger partial charge is 0.238 e. The van der Waals surface area contributed by atoms with E-state index in [1.807, 2.05) is 18.2 Å². The number of hydrogen-bond donors (Lipinski definition) is 1. The van der Waals surface area contributed by atoms with Crippen molar-refractivity contribution in [2.75, 3.05) is 13.1 Å². The van der Waals surface area contributed by atoms with E-state index in [0.717, 1.165) is 43.9 Å². The van der Waals surface area contributed by atoms with Crippen LogP contribution in [0, 0.1) is 11.7 Å². The zero-order valence-corrected chi connectivity index (χ0v) is 17.4. The molecule has 8 heteroatoms. The number of likely N-dealkylation sites (tertiary alicyclic amines) is 1. The molecule has 3 rings (SSSR count). The van der Waals surface area contributed by atoms with Crippen molar-refractivity contribution in [3.05, 3.63) is 60.2 Å². The Hall–Kier alpha value is -2.32. The number of piperidine rings is 1. The molecule has 1 aromatic carbocycles. The highest BCUT2D eigenvalue weighted by Gasteiger charge is 2.33. The van der Waals surface area contributed by atoms with Gasteiger partial charge in [-0.25, -0.2) is 12.8 Å². The number of halogens is 1. The normalized spacial score (nSPS) is 21.5. The topological polar surface area (TPSA) is 79.4 Å². The fraction of sp³-hybridized carbons (Fsp3) is 0.429. The van der Waals surface area contributed by atoms with Crippen molar-refractivity contribution in [2.45, 2.75) is 43.0 Å². The van der Waals surface area contributed by atoms with Gasteiger partial charge in [0.2, 0.25) is 5.91 Å². The van der Waals surface area contributed by atoms with Gasteiger partial charge in [-0.2, -0.15) is 0 Å². The minimum atomic E-state index is -3.87. The quantitative estimate of drug-likeness (QED) is 0.728. The Balaban J connectivity index is 1.58. The van der Waals surface area contributed by atoms with Gasteiger partial charge in [0.05, 0.1) is 10.6 Å². The summed E-state index contributed by atoms with van der Waals surface area (Å²) in [7, 11) is -3.87. The average Bonchev–Trinajstić information content (AvgIpc) is 2.70. The van der Waals surface area contributed by atoms with Gasteiger partial charge in [0, 0.05) is 31.9 Å². The molecule has 1 aliphatic heterocycles. The zero-order chi connectivity index (χ0) is 21.0. The molecule has 1 fully saturated rings. The van der Waals surface area contributed by atoms with Gasteiger partial charge in [0.1, 0.15) is 11.1 Å². The van der Waals surface area contributed by atoms with Crippen LogP contribution < -0.4 is 5.32 Å². The fourth-order valence-corrected chi connectivity index (χ4v) is 4.85. The molecule has 1 saturated heterocycles. The fourth-order valence-electron chi connectivity index (χ4n) is 3.58. The molecule has 0 radical (unpaired) electrons. The summed E-state index contributed by atoms with van der Waals surface area (Å²) in [6.07, 6.45) is 2.51. The van der Waals surface area contributed by atoms with Gasteiger partial charge in [-0.05, 0) is 55.7 Å². The number of aromatic nitrogens is 1. The van der Waals surface area contributed by atoms with Gasteiger partial charge in [0.25, 0.3) is 0 Å². The third-order valence-electron chi connectivity index (χ3n) is 5.41. The third kappa shape index (κ3) is 5.19. The number of carbonyl (C=O) groups excluding carboxylic acids is 1.